The average molecular weight is 697 g/mol. The highest BCUT2D eigenvalue weighted by molar-refractivity contribution is 5.70. The van der Waals surface area contributed by atoms with E-state index in [1.807, 2.05) is 14.1 Å². The van der Waals surface area contributed by atoms with E-state index in [1.165, 1.54) is 167 Å². The molecule has 1 unspecified atom stereocenters. The van der Waals surface area contributed by atoms with Gasteiger partial charge in [0.05, 0.1) is 20.7 Å². The van der Waals surface area contributed by atoms with Crippen molar-refractivity contribution in [3.05, 3.63) is 0 Å². The number of quaternary nitrogens is 1. The lowest BCUT2D eigenvalue weighted by Gasteiger charge is -2.32. The van der Waals surface area contributed by atoms with Crippen LogP contribution in [0.2, 0.25) is 0 Å². The lowest BCUT2D eigenvalue weighted by molar-refractivity contribution is -0.893. The first kappa shape index (κ1) is 47.9. The molecule has 292 valence electrons. The fourth-order valence-electron chi connectivity index (χ4n) is 6.82. The van der Waals surface area contributed by atoms with Gasteiger partial charge in [0.25, 0.3) is 0 Å². The van der Waals surface area contributed by atoms with Crippen molar-refractivity contribution >= 4 is 11.9 Å². The number of nitrogens with zero attached hydrogens (tertiary/aromatic N) is 1. The predicted octanol–water partition coefficient (Wildman–Crippen LogP) is 12.0. The molecule has 0 aliphatic heterocycles. The summed E-state index contributed by atoms with van der Waals surface area (Å²) < 4.78 is 11.9. The summed E-state index contributed by atoms with van der Waals surface area (Å²) in [6.07, 6.45) is 39.2. The molecule has 1 atom stereocenters. The molecule has 0 amide bonds. The van der Waals surface area contributed by atoms with Crippen LogP contribution in [0, 0.1) is 0 Å². The Balaban J connectivity index is 3.99. The molecule has 49 heavy (non-hydrogen) atoms. The fourth-order valence-corrected chi connectivity index (χ4v) is 6.82. The Labute approximate surface area is 305 Å². The molecule has 0 fully saturated rings. The highest BCUT2D eigenvalue weighted by Gasteiger charge is 2.26. The monoisotopic (exact) mass is 697 g/mol. The molecule has 0 aromatic rings. The topological polar surface area (TPSA) is 72.8 Å². The lowest BCUT2D eigenvalue weighted by atomic mass is 10.0. The molecule has 0 aromatic heterocycles. The van der Waals surface area contributed by atoms with Crippen molar-refractivity contribution in [3.63, 3.8) is 0 Å². The zero-order valence-electron chi connectivity index (χ0n) is 33.6. The quantitative estimate of drug-likeness (QED) is 0.0393. The van der Waals surface area contributed by atoms with Gasteiger partial charge in [0, 0.05) is 12.8 Å². The van der Waals surface area contributed by atoms with Crippen molar-refractivity contribution in [2.24, 2.45) is 0 Å². The van der Waals surface area contributed by atoms with Gasteiger partial charge in [0.15, 0.2) is 6.10 Å². The van der Waals surface area contributed by atoms with Gasteiger partial charge >= 0.3 is 11.9 Å². The number of carbonyl (C=O) groups is 2. The van der Waals surface area contributed by atoms with E-state index in [9.17, 15) is 14.7 Å². The second-order valence-corrected chi connectivity index (χ2v) is 15.8. The predicted molar refractivity (Wildman–Crippen MR) is 209 cm³/mol. The molecular weight excluding hydrogens is 610 g/mol. The van der Waals surface area contributed by atoms with E-state index in [0.29, 0.717) is 30.4 Å². The molecule has 0 aliphatic carbocycles. The van der Waals surface area contributed by atoms with Crippen LogP contribution in [0.1, 0.15) is 219 Å². The molecule has 0 aromatic carbocycles. The molecule has 0 aliphatic rings. The van der Waals surface area contributed by atoms with E-state index >= 15 is 0 Å². The van der Waals surface area contributed by atoms with Gasteiger partial charge in [0.1, 0.15) is 19.7 Å². The number of esters is 2. The summed E-state index contributed by atoms with van der Waals surface area (Å²) in [5, 5.41) is 9.47. The standard InChI is InChI=1S/C43H86NO5/c1-5-7-9-11-13-15-17-19-21-23-25-27-29-31-33-35-42(46)48-40-41(39-44(3,4)37-38-45)49-43(47)36-34-32-30-28-26-24-22-20-18-16-14-12-10-8-6-2/h41,45H,5-40H2,1-4H3/q+1. The van der Waals surface area contributed by atoms with Gasteiger partial charge in [-0.2, -0.15) is 0 Å². The lowest BCUT2D eigenvalue weighted by Crippen LogP contribution is -2.49. The number of aliphatic hydroxyl groups is 1. The smallest absolute Gasteiger partial charge is 0.306 e. The average Bonchev–Trinajstić information content (AvgIpc) is 3.07. The van der Waals surface area contributed by atoms with E-state index in [1.54, 1.807) is 0 Å². The Morgan fingerprint density at radius 2 is 0.796 bits per heavy atom. The first-order chi connectivity index (χ1) is 23.8. The van der Waals surface area contributed by atoms with E-state index in [-0.39, 0.29) is 25.2 Å². The van der Waals surface area contributed by atoms with Gasteiger partial charge in [-0.1, -0.05) is 194 Å². The number of hydrogen-bond donors (Lipinski definition) is 1. The molecule has 0 rings (SSSR count). The molecule has 1 N–H and O–H groups in total. The van der Waals surface area contributed by atoms with E-state index in [0.717, 1.165) is 25.7 Å². The van der Waals surface area contributed by atoms with Crippen LogP contribution in [-0.2, 0) is 19.1 Å². The summed E-state index contributed by atoms with van der Waals surface area (Å²) in [5.41, 5.74) is 0. The van der Waals surface area contributed by atoms with Crippen LogP contribution in [0.15, 0.2) is 0 Å². The molecule has 0 saturated heterocycles. The van der Waals surface area contributed by atoms with Crippen molar-refractivity contribution < 1.29 is 28.7 Å². The van der Waals surface area contributed by atoms with Gasteiger partial charge in [-0.15, -0.1) is 0 Å². The largest absolute Gasteiger partial charge is 0.461 e. The normalized spacial score (nSPS) is 12.3. The third kappa shape index (κ3) is 36.5. The Hall–Kier alpha value is -1.14. The van der Waals surface area contributed by atoms with Crippen molar-refractivity contribution in [3.8, 4) is 0 Å². The maximum atomic E-state index is 12.7. The second kappa shape index (κ2) is 36.6. The zero-order valence-corrected chi connectivity index (χ0v) is 33.6. The highest BCUT2D eigenvalue weighted by Crippen LogP contribution is 2.16. The van der Waals surface area contributed by atoms with Crippen molar-refractivity contribution in [2.75, 3.05) is 40.4 Å². The van der Waals surface area contributed by atoms with Gasteiger partial charge < -0.3 is 19.1 Å². The third-order valence-electron chi connectivity index (χ3n) is 10.1. The third-order valence-corrected chi connectivity index (χ3v) is 10.1. The van der Waals surface area contributed by atoms with E-state index in [2.05, 4.69) is 13.8 Å². The molecule has 0 spiro atoms. The highest BCUT2D eigenvalue weighted by atomic mass is 16.6. The molecule has 0 heterocycles. The summed E-state index contributed by atoms with van der Waals surface area (Å²) in [6, 6.07) is 0. The summed E-state index contributed by atoms with van der Waals surface area (Å²) in [5.74, 6) is -0.409. The molecule has 0 saturated carbocycles. The summed E-state index contributed by atoms with van der Waals surface area (Å²) >= 11 is 0. The van der Waals surface area contributed by atoms with Crippen LogP contribution in [0.5, 0.6) is 0 Å². The SMILES string of the molecule is CCCCCCCCCCCCCCCCCC(=O)OCC(C[N+](C)(C)CCO)OC(=O)CCCCCCCCCCCCCCCCC. The Kier molecular flexibility index (Phi) is 35.8. The number of likely N-dealkylation sites (N-methyl/N-ethyl adjacent to an activating group) is 1. The Bertz CT molecular complexity index is 712. The minimum absolute atomic E-state index is 0.0613. The van der Waals surface area contributed by atoms with Crippen LogP contribution < -0.4 is 0 Å². The summed E-state index contributed by atoms with van der Waals surface area (Å²) in [4.78, 5) is 25.2. The van der Waals surface area contributed by atoms with Crippen molar-refractivity contribution in [2.45, 2.75) is 225 Å². The Morgan fingerprint density at radius 1 is 0.490 bits per heavy atom. The first-order valence-corrected chi connectivity index (χ1v) is 21.6. The van der Waals surface area contributed by atoms with Crippen molar-refractivity contribution in [1.29, 1.82) is 0 Å². The Morgan fingerprint density at radius 3 is 1.12 bits per heavy atom. The van der Waals surface area contributed by atoms with Crippen LogP contribution in [0.3, 0.4) is 0 Å². The number of carbonyl (C=O) groups excluding carboxylic acids is 2. The van der Waals surface area contributed by atoms with Gasteiger partial charge in [0.2, 0.25) is 0 Å². The first-order valence-electron chi connectivity index (χ1n) is 21.6. The minimum Gasteiger partial charge on any atom is -0.461 e. The van der Waals surface area contributed by atoms with Crippen LogP contribution >= 0.6 is 0 Å². The van der Waals surface area contributed by atoms with E-state index in [4.69, 9.17) is 9.47 Å². The maximum absolute atomic E-state index is 12.7. The van der Waals surface area contributed by atoms with Gasteiger partial charge in [-0.05, 0) is 12.8 Å². The van der Waals surface area contributed by atoms with Crippen LogP contribution in [-0.4, -0.2) is 68.0 Å². The molecule has 6 nitrogen and oxygen atoms in total. The van der Waals surface area contributed by atoms with Crippen LogP contribution in [0.25, 0.3) is 0 Å². The fraction of sp³-hybridized carbons (Fsp3) is 0.953. The molecule has 0 radical (unpaired) electrons. The number of unbranched alkanes of at least 4 members (excludes halogenated alkanes) is 28. The van der Waals surface area contributed by atoms with Crippen LogP contribution in [0.4, 0.5) is 0 Å². The van der Waals surface area contributed by atoms with Gasteiger partial charge in [-0.25, -0.2) is 0 Å². The zero-order chi connectivity index (χ0) is 36.1. The summed E-state index contributed by atoms with van der Waals surface area (Å²) in [6.45, 7) is 5.77. The minimum atomic E-state index is -0.490. The number of aliphatic hydroxyl groups excluding tert-OH is 1. The molecule has 0 bridgehead atoms. The second-order valence-electron chi connectivity index (χ2n) is 15.8. The van der Waals surface area contributed by atoms with Crippen molar-refractivity contribution in [1.82, 2.24) is 0 Å². The maximum Gasteiger partial charge on any atom is 0.306 e. The number of ether oxygens (including phenoxy) is 2. The summed E-state index contributed by atoms with van der Waals surface area (Å²) in [7, 11) is 4.01. The molecular formula is C43H86NO5+. The number of rotatable bonds is 39. The van der Waals surface area contributed by atoms with Gasteiger partial charge in [-0.3, -0.25) is 9.59 Å². The molecule has 6 heteroatoms. The number of hydrogen-bond acceptors (Lipinski definition) is 5. The van der Waals surface area contributed by atoms with E-state index < -0.39 is 6.10 Å².